The lowest BCUT2D eigenvalue weighted by Crippen LogP contribution is -1.73. The van der Waals surface area contributed by atoms with Crippen molar-refractivity contribution in [3.63, 3.8) is 0 Å². The second-order valence-electron chi connectivity index (χ2n) is 3.26. The average molecular weight is 200 g/mol. The zero-order valence-electron chi connectivity index (χ0n) is 8.10. The van der Waals surface area contributed by atoms with Crippen LogP contribution < -0.4 is 0 Å². The van der Waals surface area contributed by atoms with E-state index in [0.29, 0.717) is 0 Å². The van der Waals surface area contributed by atoms with Crippen LogP contribution in [0.4, 0.5) is 0 Å². The lowest BCUT2D eigenvalue weighted by atomic mass is 10.1. The third kappa shape index (κ3) is 2.33. The van der Waals surface area contributed by atoms with Gasteiger partial charge in [0.05, 0.1) is 0 Å². The van der Waals surface area contributed by atoms with Gasteiger partial charge in [-0.05, 0) is 30.0 Å². The fourth-order valence-corrected chi connectivity index (χ4v) is 1.96. The van der Waals surface area contributed by atoms with Gasteiger partial charge in [-0.25, -0.2) is 0 Å². The number of aryl methyl sites for hydroxylation is 1. The molecular formula is C13H12S. The van der Waals surface area contributed by atoms with Crippen LogP contribution in [-0.2, 0) is 0 Å². The molecule has 0 saturated heterocycles. The maximum Gasteiger partial charge on any atom is 0.0270 e. The first kappa shape index (κ1) is 9.22. The Morgan fingerprint density at radius 1 is 1.07 bits per heavy atom. The zero-order valence-corrected chi connectivity index (χ0v) is 8.92. The smallest absolute Gasteiger partial charge is 0.0270 e. The predicted octanol–water partition coefficient (Wildman–Crippen LogP) is 4.23. The minimum atomic E-state index is 1.26. The molecule has 2 rings (SSSR count). The van der Waals surface area contributed by atoms with E-state index in [0.717, 1.165) is 0 Å². The third-order valence-corrected chi connectivity index (χ3v) is 2.86. The summed E-state index contributed by atoms with van der Waals surface area (Å²) in [5.74, 6) is 0. The molecular weight excluding hydrogens is 188 g/mol. The van der Waals surface area contributed by atoms with Crippen LogP contribution in [0.2, 0.25) is 0 Å². The Morgan fingerprint density at radius 3 is 2.71 bits per heavy atom. The van der Waals surface area contributed by atoms with Gasteiger partial charge in [-0.1, -0.05) is 42.0 Å². The first-order valence-corrected chi connectivity index (χ1v) is 5.51. The van der Waals surface area contributed by atoms with Crippen molar-refractivity contribution in [3.05, 3.63) is 57.8 Å². The highest BCUT2D eigenvalue weighted by atomic mass is 32.1. The number of thiophene rings is 1. The highest BCUT2D eigenvalue weighted by molar-refractivity contribution is 7.10. The van der Waals surface area contributed by atoms with E-state index in [1.54, 1.807) is 11.3 Å². The van der Waals surface area contributed by atoms with Gasteiger partial charge in [-0.15, -0.1) is 11.3 Å². The van der Waals surface area contributed by atoms with Crippen molar-refractivity contribution in [2.24, 2.45) is 0 Å². The van der Waals surface area contributed by atoms with Gasteiger partial charge >= 0.3 is 0 Å². The van der Waals surface area contributed by atoms with E-state index in [9.17, 15) is 0 Å². The fraction of sp³-hybridized carbons (Fsp3) is 0.0769. The molecule has 0 N–H and O–H groups in total. The Labute approximate surface area is 88.5 Å². The molecule has 0 aliphatic rings. The van der Waals surface area contributed by atoms with Gasteiger partial charge in [0.15, 0.2) is 0 Å². The molecule has 1 aromatic heterocycles. The van der Waals surface area contributed by atoms with Crippen molar-refractivity contribution in [2.75, 3.05) is 0 Å². The average Bonchev–Trinajstić information content (AvgIpc) is 2.67. The van der Waals surface area contributed by atoms with E-state index in [1.807, 2.05) is 0 Å². The van der Waals surface area contributed by atoms with E-state index >= 15 is 0 Å². The summed E-state index contributed by atoms with van der Waals surface area (Å²) >= 11 is 1.76. The Hall–Kier alpha value is -1.34. The Bertz CT molecular complexity index is 424. The van der Waals surface area contributed by atoms with Gasteiger partial charge in [0.2, 0.25) is 0 Å². The number of rotatable bonds is 2. The monoisotopic (exact) mass is 200 g/mol. The molecule has 0 atom stereocenters. The maximum absolute atomic E-state index is 2.18. The largest absolute Gasteiger partial charge is 0.144 e. The van der Waals surface area contributed by atoms with Crippen molar-refractivity contribution in [1.29, 1.82) is 0 Å². The highest BCUT2D eigenvalue weighted by Crippen LogP contribution is 2.13. The van der Waals surface area contributed by atoms with Gasteiger partial charge in [-0.3, -0.25) is 0 Å². The molecule has 0 saturated carbocycles. The summed E-state index contributed by atoms with van der Waals surface area (Å²) in [7, 11) is 0. The first-order valence-electron chi connectivity index (χ1n) is 4.63. The van der Waals surface area contributed by atoms with Crippen LogP contribution >= 0.6 is 11.3 Å². The Kier molecular flexibility index (Phi) is 2.80. The minimum absolute atomic E-state index is 1.26. The third-order valence-electron chi connectivity index (χ3n) is 2.03. The van der Waals surface area contributed by atoms with Gasteiger partial charge in [-0.2, -0.15) is 0 Å². The van der Waals surface area contributed by atoms with Crippen molar-refractivity contribution >= 4 is 23.5 Å². The maximum atomic E-state index is 2.18. The fourth-order valence-electron chi connectivity index (χ4n) is 1.34. The summed E-state index contributed by atoms with van der Waals surface area (Å²) in [5.41, 5.74) is 2.57. The van der Waals surface area contributed by atoms with E-state index < -0.39 is 0 Å². The Balaban J connectivity index is 2.18. The molecule has 0 aliphatic carbocycles. The molecule has 1 heteroatoms. The molecule has 2 aromatic rings. The molecule has 0 bridgehead atoms. The summed E-state index contributed by atoms with van der Waals surface area (Å²) in [6, 6.07) is 12.7. The van der Waals surface area contributed by atoms with Crippen LogP contribution in [0.15, 0.2) is 41.8 Å². The molecule has 0 radical (unpaired) electrons. The van der Waals surface area contributed by atoms with E-state index in [4.69, 9.17) is 0 Å². The molecule has 70 valence electrons. The van der Waals surface area contributed by atoms with Gasteiger partial charge in [0, 0.05) is 4.88 Å². The summed E-state index contributed by atoms with van der Waals surface area (Å²) in [4.78, 5) is 1.30. The van der Waals surface area contributed by atoms with Crippen LogP contribution in [0.25, 0.3) is 12.2 Å². The molecule has 0 amide bonds. The highest BCUT2D eigenvalue weighted by Gasteiger charge is 1.88. The van der Waals surface area contributed by atoms with Crippen molar-refractivity contribution < 1.29 is 0 Å². The van der Waals surface area contributed by atoms with Crippen LogP contribution in [0.5, 0.6) is 0 Å². The molecule has 0 aliphatic heterocycles. The molecule has 0 fully saturated rings. The van der Waals surface area contributed by atoms with Crippen LogP contribution in [0.1, 0.15) is 16.0 Å². The Morgan fingerprint density at radius 2 is 2.00 bits per heavy atom. The van der Waals surface area contributed by atoms with E-state index in [1.165, 1.54) is 16.0 Å². The topological polar surface area (TPSA) is 0 Å². The van der Waals surface area contributed by atoms with Crippen molar-refractivity contribution in [2.45, 2.75) is 6.92 Å². The number of hydrogen-bond acceptors (Lipinski definition) is 1. The molecule has 1 aromatic carbocycles. The minimum Gasteiger partial charge on any atom is -0.144 e. The van der Waals surface area contributed by atoms with Crippen molar-refractivity contribution in [3.8, 4) is 0 Å². The quantitative estimate of drug-likeness (QED) is 0.680. The molecule has 0 unspecified atom stereocenters. The second-order valence-corrected chi connectivity index (χ2v) is 4.24. The summed E-state index contributed by atoms with van der Waals surface area (Å²) in [6.07, 6.45) is 4.30. The van der Waals surface area contributed by atoms with E-state index in [-0.39, 0.29) is 0 Å². The summed E-state index contributed by atoms with van der Waals surface area (Å²) in [6.45, 7) is 2.11. The lowest BCUT2D eigenvalue weighted by molar-refractivity contribution is 1.46. The van der Waals surface area contributed by atoms with Crippen molar-refractivity contribution in [1.82, 2.24) is 0 Å². The zero-order chi connectivity index (χ0) is 9.80. The number of hydrogen-bond donors (Lipinski definition) is 0. The summed E-state index contributed by atoms with van der Waals surface area (Å²) in [5, 5.41) is 2.09. The molecule has 0 nitrogen and oxygen atoms in total. The van der Waals surface area contributed by atoms with Crippen LogP contribution in [0.3, 0.4) is 0 Å². The second kappa shape index (κ2) is 4.25. The van der Waals surface area contributed by atoms with Crippen LogP contribution in [-0.4, -0.2) is 0 Å². The first-order chi connectivity index (χ1) is 6.84. The van der Waals surface area contributed by atoms with Crippen LogP contribution in [0, 0.1) is 6.92 Å². The summed E-state index contributed by atoms with van der Waals surface area (Å²) < 4.78 is 0. The molecule has 1 heterocycles. The van der Waals surface area contributed by atoms with E-state index in [2.05, 4.69) is 60.9 Å². The SMILES string of the molecule is Cc1cccc(/C=C/c2cccs2)c1. The molecule has 14 heavy (non-hydrogen) atoms. The normalized spacial score (nSPS) is 10.9. The number of benzene rings is 1. The van der Waals surface area contributed by atoms with Gasteiger partial charge < -0.3 is 0 Å². The predicted molar refractivity (Wildman–Crippen MR) is 64.4 cm³/mol. The standard InChI is InChI=1S/C13H12S/c1-11-4-2-5-12(10-11)7-8-13-6-3-9-14-13/h2-10H,1H3/b8-7+. The van der Waals surface area contributed by atoms with Gasteiger partial charge in [0.1, 0.15) is 0 Å². The lowest BCUT2D eigenvalue weighted by Gasteiger charge is -1.94. The van der Waals surface area contributed by atoms with Gasteiger partial charge in [0.25, 0.3) is 0 Å². The molecule has 0 spiro atoms.